The van der Waals surface area contributed by atoms with E-state index < -0.39 is 0 Å². The first-order valence-corrected chi connectivity index (χ1v) is 2.50. The molecule has 7 heavy (non-hydrogen) atoms. The Morgan fingerprint density at radius 2 is 2.29 bits per heavy atom. The van der Waals surface area contributed by atoms with Crippen LogP contribution in [0.2, 0.25) is 0 Å². The van der Waals surface area contributed by atoms with E-state index in [1.165, 1.54) is 11.3 Å². The van der Waals surface area contributed by atoms with Crippen molar-refractivity contribution >= 4 is 11.3 Å². The van der Waals surface area contributed by atoms with Crippen LogP contribution in [-0.4, -0.2) is 5.11 Å². The van der Waals surface area contributed by atoms with Gasteiger partial charge in [-0.05, 0) is 17.5 Å². The fourth-order valence-electron chi connectivity index (χ4n) is 0.270. The van der Waals surface area contributed by atoms with Crippen LogP contribution in [0.1, 0.15) is 0 Å². The summed E-state index contributed by atoms with van der Waals surface area (Å²) < 4.78 is 0. The van der Waals surface area contributed by atoms with Gasteiger partial charge in [0.15, 0.2) is 5.06 Å². The Hall–Kier alpha value is 0.188. The van der Waals surface area contributed by atoms with E-state index in [-0.39, 0.29) is 21.1 Å². The molecule has 0 amide bonds. The van der Waals surface area contributed by atoms with Crippen molar-refractivity contribution in [2.24, 2.45) is 0 Å². The Morgan fingerprint density at radius 3 is 2.43 bits per heavy atom. The van der Waals surface area contributed by atoms with E-state index in [2.05, 4.69) is 0 Å². The SMILES string of the molecule is Oc1cccs1.[Mo]. The molecule has 0 saturated heterocycles. The molecule has 0 aliphatic rings. The molecule has 0 bridgehead atoms. The van der Waals surface area contributed by atoms with Crippen molar-refractivity contribution in [1.82, 2.24) is 0 Å². The summed E-state index contributed by atoms with van der Waals surface area (Å²) in [6.45, 7) is 0. The third kappa shape index (κ3) is 2.10. The molecule has 1 N–H and O–H groups in total. The maximum Gasteiger partial charge on any atom is 0.171 e. The van der Waals surface area contributed by atoms with Gasteiger partial charge in [-0.15, -0.1) is 11.3 Å². The van der Waals surface area contributed by atoms with Crippen LogP contribution in [0.4, 0.5) is 0 Å². The standard InChI is InChI=1S/C4H4OS.Mo/c5-4-2-1-3-6-4;/h1-3,5H;. The van der Waals surface area contributed by atoms with Gasteiger partial charge >= 0.3 is 0 Å². The van der Waals surface area contributed by atoms with Crippen molar-refractivity contribution in [3.8, 4) is 5.06 Å². The average Bonchev–Trinajstić information content (AvgIpc) is 1.86. The molecular weight excluding hydrogens is 192 g/mol. The average molecular weight is 196 g/mol. The molecule has 0 saturated carbocycles. The summed E-state index contributed by atoms with van der Waals surface area (Å²) in [7, 11) is 0. The minimum atomic E-state index is 0. The number of aromatic hydroxyl groups is 1. The third-order valence-electron chi connectivity index (χ3n) is 0.506. The first kappa shape index (κ1) is 7.19. The van der Waals surface area contributed by atoms with Crippen molar-refractivity contribution < 1.29 is 26.2 Å². The van der Waals surface area contributed by atoms with Crippen molar-refractivity contribution in [3.05, 3.63) is 17.5 Å². The first-order chi connectivity index (χ1) is 2.89. The van der Waals surface area contributed by atoms with Crippen LogP contribution in [0, 0.1) is 0 Å². The summed E-state index contributed by atoms with van der Waals surface area (Å²) in [5.41, 5.74) is 0. The van der Waals surface area contributed by atoms with Crippen LogP contribution >= 0.6 is 11.3 Å². The van der Waals surface area contributed by atoms with Gasteiger partial charge < -0.3 is 5.11 Å². The van der Waals surface area contributed by atoms with Gasteiger partial charge in [-0.25, -0.2) is 0 Å². The maximum absolute atomic E-state index is 8.49. The molecule has 38 valence electrons. The van der Waals surface area contributed by atoms with E-state index in [9.17, 15) is 0 Å². The van der Waals surface area contributed by atoms with E-state index in [1.807, 2.05) is 5.38 Å². The molecule has 3 heteroatoms. The smallest absolute Gasteiger partial charge is 0.171 e. The number of thiophene rings is 1. The van der Waals surface area contributed by atoms with Gasteiger partial charge in [0.05, 0.1) is 0 Å². The Morgan fingerprint density at radius 1 is 1.57 bits per heavy atom. The molecule has 1 aromatic rings. The Labute approximate surface area is 60.3 Å². The molecule has 1 nitrogen and oxygen atoms in total. The molecule has 1 heterocycles. The van der Waals surface area contributed by atoms with E-state index in [4.69, 9.17) is 5.11 Å². The summed E-state index contributed by atoms with van der Waals surface area (Å²) >= 11 is 1.33. The van der Waals surface area contributed by atoms with Crippen LogP contribution in [0.5, 0.6) is 5.06 Å². The molecule has 0 atom stereocenters. The number of hydrogen-bond donors (Lipinski definition) is 1. The molecule has 1 rings (SSSR count). The van der Waals surface area contributed by atoms with Crippen molar-refractivity contribution in [2.75, 3.05) is 0 Å². The zero-order chi connectivity index (χ0) is 4.41. The number of hydrogen-bond acceptors (Lipinski definition) is 2. The molecule has 0 aliphatic carbocycles. The van der Waals surface area contributed by atoms with Gasteiger partial charge in [-0.2, -0.15) is 0 Å². The molecule has 1 aromatic heterocycles. The van der Waals surface area contributed by atoms with Gasteiger partial charge in [-0.1, -0.05) is 0 Å². The van der Waals surface area contributed by atoms with Crippen molar-refractivity contribution in [2.45, 2.75) is 0 Å². The summed E-state index contributed by atoms with van der Waals surface area (Å²) in [4.78, 5) is 0. The molecule has 0 spiro atoms. The molecule has 0 unspecified atom stereocenters. The molecular formula is C4H4MoOS. The summed E-state index contributed by atoms with van der Waals surface area (Å²) in [6.07, 6.45) is 0. The molecule has 0 radical (unpaired) electrons. The third-order valence-corrected chi connectivity index (χ3v) is 1.18. The minimum absolute atomic E-state index is 0. The fraction of sp³-hybridized carbons (Fsp3) is 0. The van der Waals surface area contributed by atoms with Crippen LogP contribution in [-0.2, 0) is 21.1 Å². The number of rotatable bonds is 0. The molecule has 0 fully saturated rings. The Kier molecular flexibility index (Phi) is 3.31. The van der Waals surface area contributed by atoms with E-state index in [0.29, 0.717) is 5.06 Å². The van der Waals surface area contributed by atoms with Crippen molar-refractivity contribution in [3.63, 3.8) is 0 Å². The van der Waals surface area contributed by atoms with Crippen LogP contribution in [0.3, 0.4) is 0 Å². The predicted octanol–water partition coefficient (Wildman–Crippen LogP) is 1.45. The Balaban J connectivity index is 0.000000360. The second-order valence-electron chi connectivity index (χ2n) is 0.951. The van der Waals surface area contributed by atoms with Gasteiger partial charge in [0.1, 0.15) is 0 Å². The van der Waals surface area contributed by atoms with Crippen molar-refractivity contribution in [1.29, 1.82) is 0 Å². The second kappa shape index (κ2) is 3.22. The normalized spacial score (nSPS) is 7.43. The molecule has 0 aliphatic heterocycles. The summed E-state index contributed by atoms with van der Waals surface area (Å²) in [6, 6.07) is 3.46. The summed E-state index contributed by atoms with van der Waals surface area (Å²) in [5.74, 6) is 0. The largest absolute Gasteiger partial charge is 0.499 e. The quantitative estimate of drug-likeness (QED) is 0.622. The van der Waals surface area contributed by atoms with Gasteiger partial charge in [-0.3, -0.25) is 0 Å². The molecule has 0 aromatic carbocycles. The van der Waals surface area contributed by atoms with E-state index in [0.717, 1.165) is 0 Å². The van der Waals surface area contributed by atoms with Crippen LogP contribution in [0.25, 0.3) is 0 Å². The zero-order valence-corrected chi connectivity index (χ0v) is 6.32. The van der Waals surface area contributed by atoms with E-state index in [1.54, 1.807) is 12.1 Å². The fourth-order valence-corrected chi connectivity index (χ4v) is 0.724. The zero-order valence-electron chi connectivity index (χ0n) is 3.50. The van der Waals surface area contributed by atoms with Gasteiger partial charge in [0.25, 0.3) is 0 Å². The topological polar surface area (TPSA) is 20.2 Å². The van der Waals surface area contributed by atoms with E-state index >= 15 is 0 Å². The first-order valence-electron chi connectivity index (χ1n) is 1.62. The monoisotopic (exact) mass is 198 g/mol. The maximum atomic E-state index is 8.49. The van der Waals surface area contributed by atoms with Gasteiger partial charge in [0, 0.05) is 21.1 Å². The summed E-state index contributed by atoms with van der Waals surface area (Å²) in [5, 5.41) is 10.7. The second-order valence-corrected chi connectivity index (χ2v) is 1.88. The predicted molar refractivity (Wildman–Crippen MR) is 26.0 cm³/mol. The van der Waals surface area contributed by atoms with Crippen LogP contribution < -0.4 is 0 Å². The minimum Gasteiger partial charge on any atom is -0.499 e. The Bertz CT molecular complexity index is 115. The van der Waals surface area contributed by atoms with Crippen LogP contribution in [0.15, 0.2) is 17.5 Å². The van der Waals surface area contributed by atoms with Gasteiger partial charge in [0.2, 0.25) is 0 Å².